The summed E-state index contributed by atoms with van der Waals surface area (Å²) in [4.78, 5) is 10.8. The topological polar surface area (TPSA) is 70.1 Å². The third-order valence-electron chi connectivity index (χ3n) is 2.09. The monoisotopic (exact) mass is 211 g/mol. The first-order valence-electron chi connectivity index (χ1n) is 4.97. The van der Waals surface area contributed by atoms with Crippen LogP contribution in [0.25, 0.3) is 0 Å². The molecule has 84 valence electrons. The summed E-state index contributed by atoms with van der Waals surface area (Å²) in [5.74, 6) is 0.0236. The summed E-state index contributed by atoms with van der Waals surface area (Å²) >= 11 is 0. The predicted octanol–water partition coefficient (Wildman–Crippen LogP) is 0.964. The molecule has 1 aromatic rings. The quantitative estimate of drug-likeness (QED) is 0.788. The first kappa shape index (κ1) is 11.6. The van der Waals surface area contributed by atoms with E-state index in [0.29, 0.717) is 18.4 Å². The molecule has 1 rings (SSSR count). The molecule has 1 unspecified atom stereocenters. The lowest BCUT2D eigenvalue weighted by Crippen LogP contribution is -2.25. The van der Waals surface area contributed by atoms with E-state index in [9.17, 15) is 4.79 Å². The van der Waals surface area contributed by atoms with Gasteiger partial charge >= 0.3 is 0 Å². The summed E-state index contributed by atoms with van der Waals surface area (Å²) in [6.45, 7) is 6.08. The number of amides is 1. The van der Waals surface area contributed by atoms with E-state index < -0.39 is 0 Å². The SMILES string of the molecule is CC(COc1cnn(C(C)C)c1)C(N)=O. The Morgan fingerprint density at radius 1 is 1.60 bits per heavy atom. The van der Waals surface area contributed by atoms with E-state index in [2.05, 4.69) is 5.10 Å². The van der Waals surface area contributed by atoms with E-state index in [0.717, 1.165) is 0 Å². The number of primary amides is 1. The molecule has 0 fully saturated rings. The predicted molar refractivity (Wildman–Crippen MR) is 56.5 cm³/mol. The Balaban J connectivity index is 2.47. The van der Waals surface area contributed by atoms with Crippen LogP contribution in [0, 0.1) is 5.92 Å². The van der Waals surface area contributed by atoms with Gasteiger partial charge < -0.3 is 10.5 Å². The minimum absolute atomic E-state index is 0.285. The van der Waals surface area contributed by atoms with E-state index in [1.807, 2.05) is 13.8 Å². The van der Waals surface area contributed by atoms with Crippen molar-refractivity contribution in [2.75, 3.05) is 6.61 Å². The molecule has 15 heavy (non-hydrogen) atoms. The summed E-state index contributed by atoms with van der Waals surface area (Å²) in [6.07, 6.45) is 3.44. The Bertz CT molecular complexity index is 333. The molecule has 0 radical (unpaired) electrons. The van der Waals surface area contributed by atoms with Gasteiger partial charge in [-0.05, 0) is 13.8 Å². The highest BCUT2D eigenvalue weighted by Gasteiger charge is 2.10. The maximum absolute atomic E-state index is 10.8. The van der Waals surface area contributed by atoms with Crippen molar-refractivity contribution in [2.45, 2.75) is 26.8 Å². The van der Waals surface area contributed by atoms with Crippen LogP contribution >= 0.6 is 0 Å². The number of nitrogens with two attached hydrogens (primary N) is 1. The Labute approximate surface area is 89.2 Å². The smallest absolute Gasteiger partial charge is 0.223 e. The second-order valence-corrected chi connectivity index (χ2v) is 3.86. The van der Waals surface area contributed by atoms with Crippen LogP contribution in [0.3, 0.4) is 0 Å². The lowest BCUT2D eigenvalue weighted by molar-refractivity contribution is -0.122. The third-order valence-corrected chi connectivity index (χ3v) is 2.09. The largest absolute Gasteiger partial charge is 0.489 e. The van der Waals surface area contributed by atoms with E-state index in [1.54, 1.807) is 24.0 Å². The van der Waals surface area contributed by atoms with Gasteiger partial charge in [0.15, 0.2) is 5.75 Å². The van der Waals surface area contributed by atoms with Gasteiger partial charge in [-0.15, -0.1) is 0 Å². The van der Waals surface area contributed by atoms with Gasteiger partial charge in [0.25, 0.3) is 0 Å². The molecule has 0 bridgehead atoms. The van der Waals surface area contributed by atoms with Crippen molar-refractivity contribution in [3.05, 3.63) is 12.4 Å². The number of rotatable bonds is 5. The maximum atomic E-state index is 10.8. The van der Waals surface area contributed by atoms with Gasteiger partial charge in [0, 0.05) is 6.04 Å². The zero-order chi connectivity index (χ0) is 11.4. The van der Waals surface area contributed by atoms with E-state index in [1.165, 1.54) is 0 Å². The van der Waals surface area contributed by atoms with E-state index >= 15 is 0 Å². The fraction of sp³-hybridized carbons (Fsp3) is 0.600. The molecule has 0 aliphatic carbocycles. The number of hydrogen-bond acceptors (Lipinski definition) is 3. The van der Waals surface area contributed by atoms with Gasteiger partial charge in [-0.2, -0.15) is 5.10 Å². The van der Waals surface area contributed by atoms with Crippen LogP contribution in [-0.2, 0) is 4.79 Å². The van der Waals surface area contributed by atoms with Crippen molar-refractivity contribution in [1.29, 1.82) is 0 Å². The number of nitrogens with zero attached hydrogens (tertiary/aromatic N) is 2. The molecule has 1 atom stereocenters. The second-order valence-electron chi connectivity index (χ2n) is 3.86. The summed E-state index contributed by atoms with van der Waals surface area (Å²) < 4.78 is 7.17. The summed E-state index contributed by atoms with van der Waals surface area (Å²) in [7, 11) is 0. The summed E-state index contributed by atoms with van der Waals surface area (Å²) in [6, 6.07) is 0.302. The molecule has 1 amide bonds. The fourth-order valence-corrected chi connectivity index (χ4v) is 0.981. The van der Waals surface area contributed by atoms with Gasteiger partial charge in [0.1, 0.15) is 0 Å². The highest BCUT2D eigenvalue weighted by molar-refractivity contribution is 5.76. The van der Waals surface area contributed by atoms with Gasteiger partial charge in [-0.3, -0.25) is 9.48 Å². The van der Waals surface area contributed by atoms with Crippen molar-refractivity contribution >= 4 is 5.91 Å². The van der Waals surface area contributed by atoms with Crippen molar-refractivity contribution < 1.29 is 9.53 Å². The molecule has 0 aliphatic rings. The molecule has 1 aromatic heterocycles. The molecule has 0 saturated heterocycles. The number of ether oxygens (including phenoxy) is 1. The van der Waals surface area contributed by atoms with Crippen molar-refractivity contribution in [1.82, 2.24) is 9.78 Å². The fourth-order valence-electron chi connectivity index (χ4n) is 0.981. The molecular formula is C10H17N3O2. The summed E-state index contributed by atoms with van der Waals surface area (Å²) in [5.41, 5.74) is 5.11. The maximum Gasteiger partial charge on any atom is 0.223 e. The number of aromatic nitrogens is 2. The molecule has 1 heterocycles. The molecular weight excluding hydrogens is 194 g/mol. The zero-order valence-electron chi connectivity index (χ0n) is 9.30. The van der Waals surface area contributed by atoms with Gasteiger partial charge in [0.05, 0.1) is 24.9 Å². The average Bonchev–Trinajstić information content (AvgIpc) is 2.62. The van der Waals surface area contributed by atoms with Gasteiger partial charge in [0.2, 0.25) is 5.91 Å². The Morgan fingerprint density at radius 3 is 2.73 bits per heavy atom. The van der Waals surface area contributed by atoms with Crippen LogP contribution in [0.4, 0.5) is 0 Å². The second kappa shape index (κ2) is 4.82. The number of hydrogen-bond donors (Lipinski definition) is 1. The number of carbonyl (C=O) groups excluding carboxylic acids is 1. The van der Waals surface area contributed by atoms with Crippen LogP contribution in [0.2, 0.25) is 0 Å². The molecule has 0 aromatic carbocycles. The van der Waals surface area contributed by atoms with Crippen LogP contribution in [0.5, 0.6) is 5.75 Å². The van der Waals surface area contributed by atoms with Crippen LogP contribution in [-0.4, -0.2) is 22.3 Å². The molecule has 0 spiro atoms. The van der Waals surface area contributed by atoms with Crippen molar-refractivity contribution in [3.63, 3.8) is 0 Å². The lowest BCUT2D eigenvalue weighted by atomic mass is 10.2. The third kappa shape index (κ3) is 3.27. The molecule has 0 saturated carbocycles. The zero-order valence-corrected chi connectivity index (χ0v) is 9.30. The first-order chi connectivity index (χ1) is 7.00. The highest BCUT2D eigenvalue weighted by Crippen LogP contribution is 2.13. The lowest BCUT2D eigenvalue weighted by Gasteiger charge is -2.07. The Morgan fingerprint density at radius 2 is 2.27 bits per heavy atom. The molecule has 5 nitrogen and oxygen atoms in total. The van der Waals surface area contributed by atoms with Gasteiger partial charge in [-0.25, -0.2) is 0 Å². The summed E-state index contributed by atoms with van der Waals surface area (Å²) in [5, 5.41) is 4.11. The normalized spacial score (nSPS) is 12.8. The van der Waals surface area contributed by atoms with Crippen molar-refractivity contribution in [3.8, 4) is 5.75 Å². The van der Waals surface area contributed by atoms with Crippen LogP contribution in [0.1, 0.15) is 26.8 Å². The standard InChI is InChI=1S/C10H17N3O2/c1-7(2)13-5-9(4-12-13)15-6-8(3)10(11)14/h4-5,7-8H,6H2,1-3H3,(H2,11,14). The van der Waals surface area contributed by atoms with Crippen LogP contribution in [0.15, 0.2) is 12.4 Å². The Hall–Kier alpha value is -1.52. The van der Waals surface area contributed by atoms with E-state index in [4.69, 9.17) is 10.5 Å². The molecule has 2 N–H and O–H groups in total. The van der Waals surface area contributed by atoms with E-state index in [-0.39, 0.29) is 11.8 Å². The Kier molecular flexibility index (Phi) is 3.71. The highest BCUT2D eigenvalue weighted by atomic mass is 16.5. The number of carbonyl (C=O) groups is 1. The van der Waals surface area contributed by atoms with Crippen molar-refractivity contribution in [2.24, 2.45) is 11.7 Å². The molecule has 5 heteroatoms. The minimum Gasteiger partial charge on any atom is -0.489 e. The first-order valence-corrected chi connectivity index (χ1v) is 4.97. The van der Waals surface area contributed by atoms with Crippen LogP contribution < -0.4 is 10.5 Å². The van der Waals surface area contributed by atoms with Gasteiger partial charge in [-0.1, -0.05) is 6.92 Å². The minimum atomic E-state index is -0.355. The molecule has 0 aliphatic heterocycles. The average molecular weight is 211 g/mol.